The summed E-state index contributed by atoms with van der Waals surface area (Å²) in [6, 6.07) is 10.5. The molecular formula is C12H9FN2S. The summed E-state index contributed by atoms with van der Waals surface area (Å²) >= 11 is 1.60. The molecule has 2 nitrogen and oxygen atoms in total. The normalized spacial score (nSPS) is 9.56. The minimum atomic E-state index is -0.427. The summed E-state index contributed by atoms with van der Waals surface area (Å²) in [6.07, 6.45) is 1.77. The smallest absolute Gasteiger partial charge is 0.213 e. The van der Waals surface area contributed by atoms with E-state index in [0.717, 1.165) is 5.39 Å². The molecule has 0 N–H and O–H groups in total. The predicted octanol–water partition coefficient (Wildman–Crippen LogP) is 3.52. The SMILES string of the molecule is Fc1ccc2ccccc2n1.c1cscn1. The summed E-state index contributed by atoms with van der Waals surface area (Å²) in [6.45, 7) is 0. The zero-order valence-corrected chi connectivity index (χ0v) is 9.19. The third-order valence-electron chi connectivity index (χ3n) is 1.91. The van der Waals surface area contributed by atoms with Crippen LogP contribution in [0, 0.1) is 5.95 Å². The first-order valence-electron chi connectivity index (χ1n) is 4.70. The van der Waals surface area contributed by atoms with E-state index in [0.29, 0.717) is 5.52 Å². The first kappa shape index (κ1) is 10.7. The molecular weight excluding hydrogens is 223 g/mol. The quantitative estimate of drug-likeness (QED) is 0.554. The number of pyridine rings is 1. The van der Waals surface area contributed by atoms with Gasteiger partial charge in [-0.05, 0) is 18.2 Å². The number of rotatable bonds is 0. The van der Waals surface area contributed by atoms with Gasteiger partial charge in [-0.25, -0.2) is 4.98 Å². The van der Waals surface area contributed by atoms with Crippen molar-refractivity contribution < 1.29 is 4.39 Å². The van der Waals surface area contributed by atoms with E-state index in [1.165, 1.54) is 6.07 Å². The van der Waals surface area contributed by atoms with Gasteiger partial charge in [0.15, 0.2) is 0 Å². The summed E-state index contributed by atoms with van der Waals surface area (Å²) in [5.41, 5.74) is 2.49. The maximum Gasteiger partial charge on any atom is 0.213 e. The third-order valence-corrected chi connectivity index (χ3v) is 2.43. The van der Waals surface area contributed by atoms with Crippen molar-refractivity contribution in [1.29, 1.82) is 0 Å². The number of thiazole rings is 1. The highest BCUT2D eigenvalue weighted by molar-refractivity contribution is 7.07. The molecule has 2 heterocycles. The van der Waals surface area contributed by atoms with Crippen molar-refractivity contribution in [2.24, 2.45) is 0 Å². The van der Waals surface area contributed by atoms with Crippen molar-refractivity contribution >= 4 is 22.2 Å². The summed E-state index contributed by atoms with van der Waals surface area (Å²) < 4.78 is 12.5. The Morgan fingerprint density at radius 2 is 1.94 bits per heavy atom. The summed E-state index contributed by atoms with van der Waals surface area (Å²) in [5.74, 6) is -0.427. The first-order valence-corrected chi connectivity index (χ1v) is 5.64. The van der Waals surface area contributed by atoms with E-state index in [1.807, 2.05) is 23.6 Å². The maximum absolute atomic E-state index is 12.5. The molecule has 0 aliphatic rings. The second kappa shape index (κ2) is 5.32. The van der Waals surface area contributed by atoms with Crippen molar-refractivity contribution in [3.8, 4) is 0 Å². The van der Waals surface area contributed by atoms with Crippen molar-refractivity contribution in [2.75, 3.05) is 0 Å². The van der Waals surface area contributed by atoms with Gasteiger partial charge in [-0.3, -0.25) is 4.98 Å². The lowest BCUT2D eigenvalue weighted by molar-refractivity contribution is 0.589. The van der Waals surface area contributed by atoms with Crippen molar-refractivity contribution in [1.82, 2.24) is 9.97 Å². The zero-order valence-electron chi connectivity index (χ0n) is 8.38. The standard InChI is InChI=1S/C9H6FN.C3H3NS/c10-9-6-5-7-3-1-2-4-8(7)11-9;1-2-5-3-4-1/h1-6H;1-3H. The van der Waals surface area contributed by atoms with E-state index < -0.39 is 5.95 Å². The van der Waals surface area contributed by atoms with Crippen LogP contribution in [0.15, 0.2) is 53.5 Å². The number of nitrogens with zero attached hydrogens (tertiary/aromatic N) is 2. The molecule has 0 saturated carbocycles. The number of para-hydroxylation sites is 1. The average Bonchev–Trinajstić information content (AvgIpc) is 2.87. The molecule has 1 aromatic carbocycles. The Balaban J connectivity index is 0.000000162. The highest BCUT2D eigenvalue weighted by Gasteiger charge is 1.93. The van der Waals surface area contributed by atoms with E-state index in [1.54, 1.807) is 35.2 Å². The largest absolute Gasteiger partial charge is 0.253 e. The molecule has 0 fully saturated rings. The van der Waals surface area contributed by atoms with Crippen LogP contribution in [-0.4, -0.2) is 9.97 Å². The van der Waals surface area contributed by atoms with Crippen LogP contribution in [0.1, 0.15) is 0 Å². The Labute approximate surface area is 96.4 Å². The lowest BCUT2D eigenvalue weighted by Crippen LogP contribution is -1.81. The lowest BCUT2D eigenvalue weighted by Gasteiger charge is -1.93. The fourth-order valence-corrected chi connectivity index (χ4v) is 1.57. The number of fused-ring (bicyclic) bond motifs is 1. The Bertz CT molecular complexity index is 535. The number of hydrogen-bond donors (Lipinski definition) is 0. The molecule has 16 heavy (non-hydrogen) atoms. The van der Waals surface area contributed by atoms with Gasteiger partial charge in [0.25, 0.3) is 0 Å². The topological polar surface area (TPSA) is 25.8 Å². The van der Waals surface area contributed by atoms with Gasteiger partial charge in [-0.2, -0.15) is 4.39 Å². The van der Waals surface area contributed by atoms with Gasteiger partial charge in [-0.1, -0.05) is 18.2 Å². The minimum Gasteiger partial charge on any atom is -0.253 e. The maximum atomic E-state index is 12.5. The molecule has 0 aliphatic heterocycles. The second-order valence-electron chi connectivity index (χ2n) is 3.00. The highest BCUT2D eigenvalue weighted by Crippen LogP contribution is 2.10. The number of aromatic nitrogens is 2. The van der Waals surface area contributed by atoms with Gasteiger partial charge in [-0.15, -0.1) is 11.3 Å². The number of hydrogen-bond acceptors (Lipinski definition) is 3. The van der Waals surface area contributed by atoms with Crippen LogP contribution in [0.3, 0.4) is 0 Å². The second-order valence-corrected chi connectivity index (χ2v) is 3.76. The zero-order chi connectivity index (χ0) is 11.2. The molecule has 0 saturated heterocycles. The fourth-order valence-electron chi connectivity index (χ4n) is 1.22. The molecule has 0 unspecified atom stereocenters. The molecule has 0 spiro atoms. The van der Waals surface area contributed by atoms with Gasteiger partial charge >= 0.3 is 0 Å². The molecule has 3 aromatic rings. The van der Waals surface area contributed by atoms with Crippen LogP contribution < -0.4 is 0 Å². The fraction of sp³-hybridized carbons (Fsp3) is 0. The number of halogens is 1. The van der Waals surface area contributed by atoms with Crippen molar-refractivity contribution in [3.63, 3.8) is 0 Å². The molecule has 0 amide bonds. The van der Waals surface area contributed by atoms with E-state index in [-0.39, 0.29) is 0 Å². The Morgan fingerprint density at radius 3 is 2.62 bits per heavy atom. The van der Waals surface area contributed by atoms with E-state index >= 15 is 0 Å². The van der Waals surface area contributed by atoms with Crippen LogP contribution in [0.2, 0.25) is 0 Å². The molecule has 2 aromatic heterocycles. The van der Waals surface area contributed by atoms with Crippen molar-refractivity contribution in [3.05, 3.63) is 59.4 Å². The minimum absolute atomic E-state index is 0.427. The molecule has 4 heteroatoms. The monoisotopic (exact) mass is 232 g/mol. The molecule has 80 valence electrons. The predicted molar refractivity (Wildman–Crippen MR) is 63.8 cm³/mol. The van der Waals surface area contributed by atoms with E-state index in [9.17, 15) is 4.39 Å². The molecule has 0 atom stereocenters. The summed E-state index contributed by atoms with van der Waals surface area (Å²) in [4.78, 5) is 7.45. The number of benzene rings is 1. The molecule has 0 bridgehead atoms. The average molecular weight is 232 g/mol. The Hall–Kier alpha value is -1.81. The highest BCUT2D eigenvalue weighted by atomic mass is 32.1. The van der Waals surface area contributed by atoms with Crippen LogP contribution in [0.25, 0.3) is 10.9 Å². The van der Waals surface area contributed by atoms with Gasteiger partial charge in [0.1, 0.15) is 0 Å². The Morgan fingerprint density at radius 1 is 1.06 bits per heavy atom. The van der Waals surface area contributed by atoms with E-state index in [4.69, 9.17) is 0 Å². The van der Waals surface area contributed by atoms with Gasteiger partial charge in [0.05, 0.1) is 11.0 Å². The van der Waals surface area contributed by atoms with Crippen LogP contribution in [-0.2, 0) is 0 Å². The molecule has 0 radical (unpaired) electrons. The van der Waals surface area contributed by atoms with E-state index in [2.05, 4.69) is 9.97 Å². The first-order chi connectivity index (χ1) is 7.86. The molecule has 3 rings (SSSR count). The van der Waals surface area contributed by atoms with Gasteiger partial charge in [0, 0.05) is 17.0 Å². The van der Waals surface area contributed by atoms with Crippen molar-refractivity contribution in [2.45, 2.75) is 0 Å². The van der Waals surface area contributed by atoms with Gasteiger partial charge < -0.3 is 0 Å². The Kier molecular flexibility index (Phi) is 3.56. The molecule has 0 aliphatic carbocycles. The van der Waals surface area contributed by atoms with Crippen LogP contribution in [0.5, 0.6) is 0 Å². The third kappa shape index (κ3) is 2.84. The van der Waals surface area contributed by atoms with Gasteiger partial charge in [0.2, 0.25) is 5.95 Å². The summed E-state index contributed by atoms with van der Waals surface area (Å²) in [5, 5.41) is 2.90. The summed E-state index contributed by atoms with van der Waals surface area (Å²) in [7, 11) is 0. The van der Waals surface area contributed by atoms with Crippen LogP contribution in [0.4, 0.5) is 4.39 Å². The lowest BCUT2D eigenvalue weighted by atomic mass is 10.2. The van der Waals surface area contributed by atoms with Crippen LogP contribution >= 0.6 is 11.3 Å².